The van der Waals surface area contributed by atoms with Gasteiger partial charge in [-0.05, 0) is 69.4 Å². The van der Waals surface area contributed by atoms with Crippen LogP contribution in [0.1, 0.15) is 30.5 Å². The van der Waals surface area contributed by atoms with Gasteiger partial charge < -0.3 is 14.5 Å². The molecule has 0 spiro atoms. The smallest absolute Gasteiger partial charge is 0.248 e. The lowest BCUT2D eigenvalue weighted by Gasteiger charge is -2.15. The van der Waals surface area contributed by atoms with Crippen LogP contribution in [-0.4, -0.2) is 18.8 Å². The van der Waals surface area contributed by atoms with Crippen LogP contribution in [0, 0.1) is 13.8 Å². The normalized spacial score (nSPS) is 11.6. The van der Waals surface area contributed by atoms with Gasteiger partial charge in [-0.3, -0.25) is 4.79 Å². The summed E-state index contributed by atoms with van der Waals surface area (Å²) in [5, 5.41) is 3.97. The molecule has 0 fully saturated rings. The first-order chi connectivity index (χ1) is 16.4. The molecule has 4 rings (SSSR count). The topological polar surface area (TPSA) is 51.5 Å². The highest BCUT2D eigenvalue weighted by atomic mass is 32.2. The van der Waals surface area contributed by atoms with Gasteiger partial charge in [0.2, 0.25) is 5.91 Å². The number of thioether (sulfide) groups is 1. The van der Waals surface area contributed by atoms with Gasteiger partial charge in [0.1, 0.15) is 11.3 Å². The number of aryl methyl sites for hydroxylation is 2. The molecule has 1 N–H and O–H groups in total. The van der Waals surface area contributed by atoms with E-state index in [9.17, 15) is 4.79 Å². The molecule has 0 saturated heterocycles. The Balaban J connectivity index is 1.76. The van der Waals surface area contributed by atoms with E-state index in [1.165, 1.54) is 5.56 Å². The van der Waals surface area contributed by atoms with E-state index in [-0.39, 0.29) is 5.91 Å². The maximum absolute atomic E-state index is 12.8. The van der Waals surface area contributed by atoms with E-state index >= 15 is 0 Å². The fraction of sp³-hybridized carbons (Fsp3) is 0.207. The Morgan fingerprint density at radius 1 is 1.12 bits per heavy atom. The van der Waals surface area contributed by atoms with Crippen LogP contribution >= 0.6 is 11.8 Å². The molecule has 1 amide bonds. The highest BCUT2D eigenvalue weighted by molar-refractivity contribution is 7.98. The molecule has 5 heteroatoms. The molecule has 0 bridgehead atoms. The Morgan fingerprint density at radius 3 is 2.59 bits per heavy atom. The van der Waals surface area contributed by atoms with Crippen LogP contribution in [0.5, 0.6) is 5.75 Å². The Hall–Kier alpha value is -3.44. The first kappa shape index (κ1) is 23.7. The molecule has 0 radical (unpaired) electrons. The minimum absolute atomic E-state index is 0.179. The molecular weight excluding hydrogens is 442 g/mol. The van der Waals surface area contributed by atoms with Crippen molar-refractivity contribution < 1.29 is 13.9 Å². The van der Waals surface area contributed by atoms with Crippen molar-refractivity contribution in [3.63, 3.8) is 0 Å². The predicted molar refractivity (Wildman–Crippen MR) is 143 cm³/mol. The Kier molecular flexibility index (Phi) is 7.13. The minimum Gasteiger partial charge on any atom is -0.493 e. The lowest BCUT2D eigenvalue weighted by Crippen LogP contribution is -2.09. The van der Waals surface area contributed by atoms with Crippen LogP contribution in [0.4, 0.5) is 5.69 Å². The number of allylic oxidation sites excluding steroid dienone is 1. The number of carbonyl (C=O) groups excluding carboxylic acids is 1. The van der Waals surface area contributed by atoms with E-state index in [1.807, 2.05) is 51.3 Å². The molecule has 0 aliphatic carbocycles. The largest absolute Gasteiger partial charge is 0.493 e. The van der Waals surface area contributed by atoms with Gasteiger partial charge in [-0.1, -0.05) is 35.9 Å². The van der Waals surface area contributed by atoms with Gasteiger partial charge in [0.15, 0.2) is 0 Å². The van der Waals surface area contributed by atoms with Crippen molar-refractivity contribution in [1.29, 1.82) is 0 Å². The number of carbonyl (C=O) groups is 1. The van der Waals surface area contributed by atoms with Gasteiger partial charge in [-0.15, -0.1) is 11.8 Å². The van der Waals surface area contributed by atoms with Crippen molar-refractivity contribution in [2.24, 2.45) is 0 Å². The first-order valence-electron chi connectivity index (χ1n) is 11.3. The summed E-state index contributed by atoms with van der Waals surface area (Å²) in [6.45, 7) is 8.49. The molecule has 0 aliphatic rings. The summed E-state index contributed by atoms with van der Waals surface area (Å²) in [5.41, 5.74) is 7.52. The fourth-order valence-corrected chi connectivity index (χ4v) is 4.51. The molecule has 174 valence electrons. The molecule has 34 heavy (non-hydrogen) atoms. The lowest BCUT2D eigenvalue weighted by atomic mass is 9.96. The number of hydrogen-bond acceptors (Lipinski definition) is 4. The molecule has 0 saturated carbocycles. The van der Waals surface area contributed by atoms with E-state index < -0.39 is 0 Å². The van der Waals surface area contributed by atoms with Crippen LogP contribution in [0.3, 0.4) is 0 Å². The predicted octanol–water partition coefficient (Wildman–Crippen LogP) is 7.88. The van der Waals surface area contributed by atoms with Crippen LogP contribution in [0.2, 0.25) is 0 Å². The zero-order valence-electron chi connectivity index (χ0n) is 20.2. The molecule has 3 aromatic carbocycles. The van der Waals surface area contributed by atoms with E-state index in [2.05, 4.69) is 42.6 Å². The summed E-state index contributed by atoms with van der Waals surface area (Å²) in [5.74, 6) is 0.563. The van der Waals surface area contributed by atoms with Crippen LogP contribution in [-0.2, 0) is 4.79 Å². The van der Waals surface area contributed by atoms with Crippen LogP contribution in [0.15, 0.2) is 76.2 Å². The number of rotatable bonds is 7. The molecule has 1 aromatic heterocycles. The SMILES string of the molecule is CCOc1c(/C(C)=C/C(=O)Nc2cccc(SC)c2)cc2c(-c3ccc(C)cc3)coc2c1C. The van der Waals surface area contributed by atoms with E-state index in [0.717, 1.165) is 55.1 Å². The second-order valence-electron chi connectivity index (χ2n) is 8.25. The zero-order chi connectivity index (χ0) is 24.2. The van der Waals surface area contributed by atoms with Gasteiger partial charge in [-0.2, -0.15) is 0 Å². The van der Waals surface area contributed by atoms with Gasteiger partial charge in [0, 0.05) is 38.7 Å². The van der Waals surface area contributed by atoms with Gasteiger partial charge in [-0.25, -0.2) is 0 Å². The fourth-order valence-electron chi connectivity index (χ4n) is 4.05. The summed E-state index contributed by atoms with van der Waals surface area (Å²) in [4.78, 5) is 13.9. The number of benzene rings is 3. The summed E-state index contributed by atoms with van der Waals surface area (Å²) < 4.78 is 12.0. The highest BCUT2D eigenvalue weighted by Gasteiger charge is 2.19. The second-order valence-corrected chi connectivity index (χ2v) is 9.13. The van der Waals surface area contributed by atoms with E-state index in [1.54, 1.807) is 24.1 Å². The van der Waals surface area contributed by atoms with Gasteiger partial charge >= 0.3 is 0 Å². The molecular formula is C29H29NO3S. The Morgan fingerprint density at radius 2 is 1.88 bits per heavy atom. The quantitative estimate of drug-likeness (QED) is 0.220. The van der Waals surface area contributed by atoms with Crippen molar-refractivity contribution in [2.45, 2.75) is 32.6 Å². The maximum Gasteiger partial charge on any atom is 0.248 e. The highest BCUT2D eigenvalue weighted by Crippen LogP contribution is 2.40. The lowest BCUT2D eigenvalue weighted by molar-refractivity contribution is -0.111. The van der Waals surface area contributed by atoms with Crippen molar-refractivity contribution >= 4 is 39.9 Å². The first-order valence-corrected chi connectivity index (χ1v) is 12.5. The molecule has 0 atom stereocenters. The van der Waals surface area contributed by atoms with Crippen molar-refractivity contribution in [3.8, 4) is 16.9 Å². The average Bonchev–Trinajstić information content (AvgIpc) is 3.25. The molecule has 4 nitrogen and oxygen atoms in total. The summed E-state index contributed by atoms with van der Waals surface area (Å²) in [6, 6.07) is 18.3. The van der Waals surface area contributed by atoms with Gasteiger partial charge in [0.25, 0.3) is 0 Å². The Labute approximate surface area is 205 Å². The van der Waals surface area contributed by atoms with E-state index in [0.29, 0.717) is 6.61 Å². The second kappa shape index (κ2) is 10.2. The third kappa shape index (κ3) is 4.90. The zero-order valence-corrected chi connectivity index (χ0v) is 21.0. The number of fused-ring (bicyclic) bond motifs is 1. The number of amides is 1. The monoisotopic (exact) mass is 471 g/mol. The van der Waals surface area contributed by atoms with Crippen molar-refractivity contribution in [1.82, 2.24) is 0 Å². The summed E-state index contributed by atoms with van der Waals surface area (Å²) in [6.07, 6.45) is 5.44. The summed E-state index contributed by atoms with van der Waals surface area (Å²) >= 11 is 1.64. The third-order valence-electron chi connectivity index (χ3n) is 5.80. The minimum atomic E-state index is -0.179. The number of furan rings is 1. The molecule has 4 aromatic rings. The van der Waals surface area contributed by atoms with Crippen LogP contribution in [0.25, 0.3) is 27.7 Å². The molecule has 1 heterocycles. The van der Waals surface area contributed by atoms with E-state index in [4.69, 9.17) is 9.15 Å². The molecule has 0 unspecified atom stereocenters. The third-order valence-corrected chi connectivity index (χ3v) is 6.53. The standard InChI is InChI=1S/C29H29NO3S/c1-6-32-28-20(4)29-25(26(17-33-29)21-12-10-18(2)11-13-21)16-24(28)19(3)14-27(31)30-22-8-7-9-23(15-22)34-5/h7-17H,6H2,1-5H3,(H,30,31)/b19-14+. The maximum atomic E-state index is 12.8. The van der Waals surface area contributed by atoms with Crippen molar-refractivity contribution in [2.75, 3.05) is 18.2 Å². The van der Waals surface area contributed by atoms with Gasteiger partial charge in [0.05, 0.1) is 12.9 Å². The summed E-state index contributed by atoms with van der Waals surface area (Å²) in [7, 11) is 0. The van der Waals surface area contributed by atoms with Crippen LogP contribution < -0.4 is 10.1 Å². The number of anilines is 1. The molecule has 0 aliphatic heterocycles. The average molecular weight is 472 g/mol. The van der Waals surface area contributed by atoms with Crippen molar-refractivity contribution in [3.05, 3.63) is 83.6 Å². The number of ether oxygens (including phenoxy) is 1. The Bertz CT molecular complexity index is 1370. The number of nitrogens with one attached hydrogen (secondary N) is 1. The number of hydrogen-bond donors (Lipinski definition) is 1.